The summed E-state index contributed by atoms with van der Waals surface area (Å²) in [7, 11) is 0. The molecule has 0 radical (unpaired) electrons. The van der Waals surface area contributed by atoms with Crippen LogP contribution in [0.5, 0.6) is 0 Å². The molecular formula is C24H47N2O+. The number of rotatable bonds is 18. The third kappa shape index (κ3) is 10.4. The highest BCUT2D eigenvalue weighted by Crippen LogP contribution is 2.24. The van der Waals surface area contributed by atoms with Gasteiger partial charge in [0.05, 0.1) is 19.4 Å². The fourth-order valence-electron chi connectivity index (χ4n) is 4.28. The van der Waals surface area contributed by atoms with Gasteiger partial charge in [-0.1, -0.05) is 70.4 Å². The van der Waals surface area contributed by atoms with E-state index < -0.39 is 0 Å². The Balaban J connectivity index is 1.91. The molecule has 27 heavy (non-hydrogen) atoms. The van der Waals surface area contributed by atoms with Crippen molar-refractivity contribution in [3.8, 4) is 0 Å². The van der Waals surface area contributed by atoms with Crippen molar-refractivity contribution in [1.29, 1.82) is 0 Å². The molecule has 2 unspecified atom stereocenters. The molecule has 0 bridgehead atoms. The van der Waals surface area contributed by atoms with Crippen molar-refractivity contribution < 1.29 is 9.59 Å². The average molecular weight is 380 g/mol. The summed E-state index contributed by atoms with van der Waals surface area (Å²) < 4.78 is 0.976. The topological polar surface area (TPSA) is 32.6 Å². The molecule has 3 nitrogen and oxygen atoms in total. The number of quaternary nitrogens is 1. The first-order valence-electron chi connectivity index (χ1n) is 11.9. The Morgan fingerprint density at radius 3 is 2.07 bits per heavy atom. The van der Waals surface area contributed by atoms with Crippen molar-refractivity contribution in [2.24, 2.45) is 4.99 Å². The van der Waals surface area contributed by atoms with Gasteiger partial charge in [0.2, 0.25) is 0 Å². The number of hydrogen-bond donors (Lipinski definition) is 1. The number of hydrogen-bond acceptors (Lipinski definition) is 2. The molecule has 1 aliphatic heterocycles. The molecule has 1 rings (SSSR count). The fraction of sp³-hybridized carbons (Fsp3) is 0.875. The van der Waals surface area contributed by atoms with Crippen LogP contribution in [0.4, 0.5) is 0 Å². The van der Waals surface area contributed by atoms with Crippen LogP contribution in [0.25, 0.3) is 0 Å². The van der Waals surface area contributed by atoms with Gasteiger partial charge in [0.15, 0.2) is 6.17 Å². The van der Waals surface area contributed by atoms with Crippen LogP contribution < -0.4 is 0 Å². The van der Waals surface area contributed by atoms with Gasteiger partial charge in [-0.05, 0) is 39.0 Å². The van der Waals surface area contributed by atoms with E-state index in [9.17, 15) is 5.11 Å². The lowest BCUT2D eigenvalue weighted by Gasteiger charge is -2.37. The summed E-state index contributed by atoms with van der Waals surface area (Å²) in [6.07, 6.45) is 26.0. The third-order valence-electron chi connectivity index (χ3n) is 6.25. The van der Waals surface area contributed by atoms with Crippen LogP contribution in [0.3, 0.4) is 0 Å². The van der Waals surface area contributed by atoms with Crippen molar-refractivity contribution in [3.63, 3.8) is 0 Å². The van der Waals surface area contributed by atoms with E-state index >= 15 is 0 Å². The third-order valence-corrected chi connectivity index (χ3v) is 6.25. The van der Waals surface area contributed by atoms with Crippen LogP contribution in [-0.2, 0) is 0 Å². The fourth-order valence-corrected chi connectivity index (χ4v) is 4.28. The second kappa shape index (κ2) is 16.3. The van der Waals surface area contributed by atoms with Crippen LogP contribution in [0.15, 0.2) is 17.1 Å². The van der Waals surface area contributed by atoms with Gasteiger partial charge in [0, 0.05) is 6.42 Å². The molecule has 3 heteroatoms. The van der Waals surface area contributed by atoms with Gasteiger partial charge in [-0.25, -0.2) is 4.99 Å². The Hall–Kier alpha value is -0.670. The minimum Gasteiger partial charge on any atom is -0.391 e. The van der Waals surface area contributed by atoms with E-state index in [0.717, 1.165) is 24.1 Å². The smallest absolute Gasteiger partial charge is 0.182 e. The molecule has 158 valence electrons. The standard InChI is InChI=1S/C24H47N2O/c1-3-5-6-7-8-9-10-11-12-13-14-15-16-17-18-19-24-25-20-21-26(24,4-2)22-23-27/h8-9,20,24,27H,3-7,10-19,21-23H2,1-2H3/q+1/b9-8+. The summed E-state index contributed by atoms with van der Waals surface area (Å²) in [4.78, 5) is 4.71. The first kappa shape index (κ1) is 24.4. The van der Waals surface area contributed by atoms with Gasteiger partial charge >= 0.3 is 0 Å². The predicted molar refractivity (Wildman–Crippen MR) is 119 cm³/mol. The molecule has 0 aromatic heterocycles. The second-order valence-corrected chi connectivity index (χ2v) is 8.35. The number of allylic oxidation sites excluding steroid dienone is 2. The summed E-state index contributed by atoms with van der Waals surface area (Å²) in [5, 5.41) is 9.37. The lowest BCUT2D eigenvalue weighted by atomic mass is 10.0. The number of nitrogens with zero attached hydrogens (tertiary/aromatic N) is 2. The number of likely N-dealkylation sites (N-methyl/N-ethyl adjacent to an activating group) is 1. The predicted octanol–water partition coefficient (Wildman–Crippen LogP) is 6.26. The van der Waals surface area contributed by atoms with Crippen LogP contribution in [0.2, 0.25) is 0 Å². The summed E-state index contributed by atoms with van der Waals surface area (Å²) in [6, 6.07) is 0. The minimum absolute atomic E-state index is 0.280. The molecule has 1 aliphatic rings. The zero-order chi connectivity index (χ0) is 19.6. The first-order valence-corrected chi connectivity index (χ1v) is 11.9. The summed E-state index contributed by atoms with van der Waals surface area (Å²) in [5.41, 5.74) is 0. The minimum atomic E-state index is 0.280. The molecule has 1 heterocycles. The van der Waals surface area contributed by atoms with E-state index in [0.29, 0.717) is 6.17 Å². The number of aliphatic hydroxyl groups excluding tert-OH is 1. The summed E-state index contributed by atoms with van der Waals surface area (Å²) in [6.45, 7) is 7.73. The molecule has 0 saturated heterocycles. The highest BCUT2D eigenvalue weighted by atomic mass is 16.3. The van der Waals surface area contributed by atoms with Crippen molar-refractivity contribution in [3.05, 3.63) is 12.2 Å². The van der Waals surface area contributed by atoms with Gasteiger partial charge in [0.1, 0.15) is 13.1 Å². The Bertz CT molecular complexity index is 394. The van der Waals surface area contributed by atoms with Crippen molar-refractivity contribution in [2.45, 2.75) is 110 Å². The number of unbranched alkanes of at least 4 members (excludes halogenated alkanes) is 11. The molecule has 0 amide bonds. The largest absolute Gasteiger partial charge is 0.391 e. The zero-order valence-corrected chi connectivity index (χ0v) is 18.4. The van der Waals surface area contributed by atoms with Gasteiger partial charge in [-0.15, -0.1) is 0 Å². The molecule has 0 spiro atoms. The van der Waals surface area contributed by atoms with E-state index in [-0.39, 0.29) is 6.61 Å². The second-order valence-electron chi connectivity index (χ2n) is 8.35. The lowest BCUT2D eigenvalue weighted by molar-refractivity contribution is -0.936. The Labute approximate surface area is 169 Å². The van der Waals surface area contributed by atoms with Crippen molar-refractivity contribution in [2.75, 3.05) is 26.2 Å². The maximum absolute atomic E-state index is 9.37. The average Bonchev–Trinajstić information content (AvgIpc) is 3.08. The SMILES string of the molecule is CCCCC/C=C/CCCCCCCCCCC1N=CC[N+]1(CC)CCO. The van der Waals surface area contributed by atoms with E-state index in [1.807, 2.05) is 0 Å². The molecule has 0 aliphatic carbocycles. The van der Waals surface area contributed by atoms with Crippen molar-refractivity contribution >= 4 is 6.21 Å². The molecule has 0 aromatic carbocycles. The lowest BCUT2D eigenvalue weighted by Crippen LogP contribution is -2.53. The zero-order valence-electron chi connectivity index (χ0n) is 18.4. The Morgan fingerprint density at radius 2 is 1.48 bits per heavy atom. The quantitative estimate of drug-likeness (QED) is 0.170. The first-order chi connectivity index (χ1) is 13.3. The highest BCUT2D eigenvalue weighted by Gasteiger charge is 2.36. The molecular weight excluding hydrogens is 332 g/mol. The summed E-state index contributed by atoms with van der Waals surface area (Å²) in [5.74, 6) is 0. The Kier molecular flexibility index (Phi) is 14.7. The van der Waals surface area contributed by atoms with E-state index in [4.69, 9.17) is 4.99 Å². The summed E-state index contributed by atoms with van der Waals surface area (Å²) >= 11 is 0. The van der Waals surface area contributed by atoms with E-state index in [2.05, 4.69) is 32.2 Å². The van der Waals surface area contributed by atoms with Crippen LogP contribution in [0.1, 0.15) is 104 Å². The molecule has 0 fully saturated rings. The van der Waals surface area contributed by atoms with E-state index in [1.165, 1.54) is 89.9 Å². The maximum atomic E-state index is 9.37. The highest BCUT2D eigenvalue weighted by molar-refractivity contribution is 5.60. The van der Waals surface area contributed by atoms with Gasteiger partial charge < -0.3 is 5.11 Å². The van der Waals surface area contributed by atoms with Crippen LogP contribution in [-0.4, -0.2) is 48.2 Å². The number of aliphatic hydroxyl groups is 1. The van der Waals surface area contributed by atoms with Crippen LogP contribution in [0, 0.1) is 0 Å². The van der Waals surface area contributed by atoms with Gasteiger partial charge in [0.25, 0.3) is 0 Å². The van der Waals surface area contributed by atoms with Crippen molar-refractivity contribution in [1.82, 2.24) is 0 Å². The monoisotopic (exact) mass is 379 g/mol. The van der Waals surface area contributed by atoms with E-state index in [1.54, 1.807) is 0 Å². The van der Waals surface area contributed by atoms with Gasteiger partial charge in [-0.2, -0.15) is 0 Å². The molecule has 1 N–H and O–H groups in total. The molecule has 0 aromatic rings. The normalized spacial score (nSPS) is 22.3. The molecule has 2 atom stereocenters. The van der Waals surface area contributed by atoms with Crippen LogP contribution >= 0.6 is 0 Å². The Morgan fingerprint density at radius 1 is 0.889 bits per heavy atom. The van der Waals surface area contributed by atoms with Gasteiger partial charge in [-0.3, -0.25) is 4.48 Å². The number of aliphatic imine (C=N–C) groups is 1. The maximum Gasteiger partial charge on any atom is 0.182 e. The molecule has 0 saturated carbocycles.